The number of nitrogens with zero attached hydrogens (tertiary/aromatic N) is 3. The van der Waals surface area contributed by atoms with E-state index in [2.05, 4.69) is 427 Å². The second-order valence-corrected chi connectivity index (χ2v) is 30.3. The molecule has 0 saturated carbocycles. The minimum absolute atomic E-state index is 0.155. The second-order valence-electron chi connectivity index (χ2n) is 30.3. The predicted octanol–water partition coefficient (Wildman–Crippen LogP) is 26.3. The standard InChI is InChI=1S/C109H78BN3/c1-8-27-75(28-9-1)78-51-57-87(58-52-78)113(88-59-53-79(54-60-88)76-29-10-2-11-30-76)73-74-69-105-109-106(70-74)112(68-66-95-91(82-37-18-6-19-38-82)45-25-46-92(95)83-39-20-7-21-40-83)104-72-86(93-61-62-100-98-48-23-42-84-41-22-47-97(107(84)98)99-50-26-49-96(93)108(99)100)55-63-101(104)110(109)102-71-85(77-31-12-3-13-32-77)56-64-103(102)111(105)67-65-94-89(80-33-14-4-15-34-80)43-24-44-90(94)81-35-16-5-17-36-81/h1-64,69-72H,65-68,73H2. The summed E-state index contributed by atoms with van der Waals surface area (Å²) in [6.07, 6.45) is 1.52. The predicted molar refractivity (Wildman–Crippen MR) is 482 cm³/mol. The van der Waals surface area contributed by atoms with Crippen LogP contribution in [0.2, 0.25) is 0 Å². The zero-order chi connectivity index (χ0) is 74.7. The van der Waals surface area contributed by atoms with E-state index in [1.54, 1.807) is 0 Å². The van der Waals surface area contributed by atoms with E-state index in [1.165, 1.54) is 188 Å². The lowest BCUT2D eigenvalue weighted by Crippen LogP contribution is -2.62. The summed E-state index contributed by atoms with van der Waals surface area (Å²) in [6, 6.07) is 155. The molecule has 0 fully saturated rings. The van der Waals surface area contributed by atoms with Gasteiger partial charge in [-0.1, -0.05) is 364 Å². The van der Waals surface area contributed by atoms with Crippen LogP contribution in [0.4, 0.5) is 34.1 Å². The summed E-state index contributed by atoms with van der Waals surface area (Å²) in [5.41, 5.74) is 34.3. The van der Waals surface area contributed by atoms with Gasteiger partial charge >= 0.3 is 0 Å². The summed E-state index contributed by atoms with van der Waals surface area (Å²) in [7, 11) is 0. The highest BCUT2D eigenvalue weighted by molar-refractivity contribution is 7.00. The maximum Gasteiger partial charge on any atom is 0.252 e. The van der Waals surface area contributed by atoms with Crippen molar-refractivity contribution in [3.05, 3.63) is 429 Å². The van der Waals surface area contributed by atoms with Crippen LogP contribution >= 0.6 is 0 Å². The third kappa shape index (κ3) is 12.1. The van der Waals surface area contributed by atoms with Crippen LogP contribution in [0.5, 0.6) is 0 Å². The molecule has 0 saturated heterocycles. The van der Waals surface area contributed by atoms with Gasteiger partial charge in [-0.3, -0.25) is 0 Å². The van der Waals surface area contributed by atoms with Gasteiger partial charge in [-0.25, -0.2) is 0 Å². The third-order valence-corrected chi connectivity index (χ3v) is 24.0. The number of benzene rings is 19. The minimum atomic E-state index is -0.155. The second kappa shape index (κ2) is 28.7. The minimum Gasteiger partial charge on any atom is -0.342 e. The van der Waals surface area contributed by atoms with Crippen molar-refractivity contribution in [1.29, 1.82) is 0 Å². The fourth-order valence-electron chi connectivity index (χ4n) is 18.8. The zero-order valence-corrected chi connectivity index (χ0v) is 62.7. The SMILES string of the molecule is c1ccc(-c2ccc(N(Cc3cc4c5c(c3)N(CCc3c(-c6ccccc6)cccc3-c3ccccc3)c3cc(-c6ccc7c8cccc9cccc(c%10cccc6c%107)c98)ccc3B5c3cc(-c5ccccc5)ccc3N4CCc3c(-c4ccccc4)cccc3-c3ccccc3)c3ccc(-c4ccccc4)cc3)cc2)cc1. The first-order valence-electron chi connectivity index (χ1n) is 39.7. The summed E-state index contributed by atoms with van der Waals surface area (Å²) in [5.74, 6) is 0. The van der Waals surface area contributed by atoms with Crippen LogP contribution in [0.15, 0.2) is 413 Å². The molecule has 4 heteroatoms. The van der Waals surface area contributed by atoms with Gasteiger partial charge in [-0.2, -0.15) is 0 Å². The van der Waals surface area contributed by atoms with Crippen molar-refractivity contribution >= 4 is 100 Å². The number of fused-ring (bicyclic) bond motifs is 6. The Bertz CT molecular complexity index is 6490. The maximum absolute atomic E-state index is 2.77. The average molecular weight is 1440 g/mol. The lowest BCUT2D eigenvalue weighted by Gasteiger charge is -2.45. The average Bonchev–Trinajstić information content (AvgIpc) is 0.681. The first-order chi connectivity index (χ1) is 56.1. The molecule has 0 bridgehead atoms. The Hall–Kier alpha value is -14.1. The molecule has 0 N–H and O–H groups in total. The summed E-state index contributed by atoms with van der Waals surface area (Å²) in [4.78, 5) is 8.05. The molecular formula is C109H78BN3. The lowest BCUT2D eigenvalue weighted by atomic mass is 9.33. The van der Waals surface area contributed by atoms with E-state index in [9.17, 15) is 0 Å². The van der Waals surface area contributed by atoms with Gasteiger partial charge in [0.2, 0.25) is 0 Å². The number of hydrogen-bond donors (Lipinski definition) is 0. The fraction of sp³-hybridized carbons (Fsp3) is 0.0459. The van der Waals surface area contributed by atoms with Gasteiger partial charge in [0, 0.05) is 53.8 Å². The Morgan fingerprint density at radius 2 is 0.602 bits per heavy atom. The zero-order valence-electron chi connectivity index (χ0n) is 62.7. The van der Waals surface area contributed by atoms with Gasteiger partial charge < -0.3 is 14.7 Å². The van der Waals surface area contributed by atoms with Crippen molar-refractivity contribution in [2.45, 2.75) is 19.4 Å². The molecule has 0 amide bonds. The monoisotopic (exact) mass is 1440 g/mol. The Morgan fingerprint density at radius 1 is 0.230 bits per heavy atom. The molecule has 2 heterocycles. The molecule has 0 aliphatic carbocycles. The van der Waals surface area contributed by atoms with Crippen molar-refractivity contribution in [2.24, 2.45) is 0 Å². The lowest BCUT2D eigenvalue weighted by molar-refractivity contribution is 0.900. The van der Waals surface area contributed by atoms with Crippen molar-refractivity contribution in [2.75, 3.05) is 27.8 Å². The first kappa shape index (κ1) is 67.1. The largest absolute Gasteiger partial charge is 0.342 e. The van der Waals surface area contributed by atoms with Gasteiger partial charge in [-0.05, 0) is 227 Å². The maximum atomic E-state index is 2.77. The first-order valence-corrected chi connectivity index (χ1v) is 39.7. The molecule has 532 valence electrons. The highest BCUT2D eigenvalue weighted by Gasteiger charge is 2.44. The molecule has 19 aromatic rings. The topological polar surface area (TPSA) is 9.72 Å². The molecule has 0 aromatic heterocycles. The Morgan fingerprint density at radius 3 is 1.07 bits per heavy atom. The van der Waals surface area contributed by atoms with Gasteiger partial charge in [0.05, 0.1) is 0 Å². The molecule has 2 aliphatic rings. The van der Waals surface area contributed by atoms with Gasteiger partial charge in [0.15, 0.2) is 0 Å². The quantitative estimate of drug-likeness (QED) is 0.0482. The Balaban J connectivity index is 0.819. The van der Waals surface area contributed by atoms with Crippen LogP contribution in [0.1, 0.15) is 16.7 Å². The van der Waals surface area contributed by atoms with Crippen LogP contribution in [-0.4, -0.2) is 19.8 Å². The molecule has 0 atom stereocenters. The molecule has 0 unspecified atom stereocenters. The van der Waals surface area contributed by atoms with E-state index in [0.717, 1.165) is 24.2 Å². The Kier molecular flexibility index (Phi) is 17.1. The van der Waals surface area contributed by atoms with Gasteiger partial charge in [0.1, 0.15) is 0 Å². The molecule has 2 aliphatic heterocycles. The number of anilines is 6. The highest BCUT2D eigenvalue weighted by atomic mass is 15.2. The van der Waals surface area contributed by atoms with Crippen molar-refractivity contribution in [3.8, 4) is 89.0 Å². The molecule has 113 heavy (non-hydrogen) atoms. The summed E-state index contributed by atoms with van der Waals surface area (Å²) >= 11 is 0. The molecule has 0 spiro atoms. The summed E-state index contributed by atoms with van der Waals surface area (Å²) < 4.78 is 0. The van der Waals surface area contributed by atoms with E-state index in [4.69, 9.17) is 0 Å². The van der Waals surface area contributed by atoms with E-state index in [0.29, 0.717) is 19.6 Å². The fourth-order valence-corrected chi connectivity index (χ4v) is 18.8. The molecule has 3 nitrogen and oxygen atoms in total. The smallest absolute Gasteiger partial charge is 0.252 e. The van der Waals surface area contributed by atoms with Crippen LogP contribution in [0, 0.1) is 0 Å². The van der Waals surface area contributed by atoms with Crippen molar-refractivity contribution in [1.82, 2.24) is 0 Å². The molecular weight excluding hydrogens is 1360 g/mol. The third-order valence-electron chi connectivity index (χ3n) is 24.0. The van der Waals surface area contributed by atoms with Gasteiger partial charge in [-0.15, -0.1) is 0 Å². The van der Waals surface area contributed by atoms with Crippen LogP contribution < -0.4 is 31.1 Å². The molecule has 21 rings (SSSR count). The van der Waals surface area contributed by atoms with E-state index in [-0.39, 0.29) is 6.71 Å². The van der Waals surface area contributed by atoms with Crippen molar-refractivity contribution in [3.63, 3.8) is 0 Å². The van der Waals surface area contributed by atoms with Crippen molar-refractivity contribution < 1.29 is 0 Å². The highest BCUT2D eigenvalue weighted by Crippen LogP contribution is 2.48. The van der Waals surface area contributed by atoms with E-state index < -0.39 is 0 Å². The van der Waals surface area contributed by atoms with Crippen LogP contribution in [-0.2, 0) is 19.4 Å². The summed E-state index contributed by atoms with van der Waals surface area (Å²) in [6.45, 7) is 1.81. The normalized spacial score (nSPS) is 12.2. The number of rotatable bonds is 18. The van der Waals surface area contributed by atoms with E-state index >= 15 is 0 Å². The Labute approximate surface area is 661 Å². The molecule has 0 radical (unpaired) electrons. The molecule has 19 aromatic carbocycles. The van der Waals surface area contributed by atoms with Crippen LogP contribution in [0.3, 0.4) is 0 Å². The van der Waals surface area contributed by atoms with Crippen LogP contribution in [0.25, 0.3) is 132 Å². The number of hydrogen-bond acceptors (Lipinski definition) is 3. The van der Waals surface area contributed by atoms with E-state index in [1.807, 2.05) is 0 Å². The van der Waals surface area contributed by atoms with Gasteiger partial charge in [0.25, 0.3) is 6.71 Å². The summed E-state index contributed by atoms with van der Waals surface area (Å²) in [5, 5.41) is 10.3.